The Bertz CT molecular complexity index is 7110. The normalized spacial score (nSPS) is 11.6. The topological polar surface area (TPSA) is 117 Å². The quantitative estimate of drug-likeness (QED) is 0.139. The number of hydrogen-bond donors (Lipinski definition) is 0. The van der Waals surface area contributed by atoms with Crippen molar-refractivity contribution in [1.29, 1.82) is 0 Å². The molecule has 0 radical (unpaired) electrons. The average Bonchev–Trinajstić information content (AvgIpc) is 1.65. The minimum atomic E-state index is 0.832. The van der Waals surface area contributed by atoms with Crippen LogP contribution in [0.25, 0.3) is 233 Å². The minimum Gasteiger partial charge on any atom is -0.455 e. The van der Waals surface area contributed by atoms with Crippen molar-refractivity contribution in [3.63, 3.8) is 0 Å². The molecule has 9 heteroatoms. The molecule has 0 unspecified atom stereocenters. The third kappa shape index (κ3) is 12.0. The second kappa shape index (κ2) is 28.7. The van der Waals surface area contributed by atoms with E-state index in [1.807, 2.05) is 134 Å². The molecule has 117 heavy (non-hydrogen) atoms. The largest absolute Gasteiger partial charge is 0.455 e. The first kappa shape index (κ1) is 68.0. The highest BCUT2D eigenvalue weighted by molar-refractivity contribution is 6.18. The van der Waals surface area contributed by atoms with Gasteiger partial charge in [0.1, 0.15) is 34.0 Å². The van der Waals surface area contributed by atoms with Crippen LogP contribution in [-0.4, -0.2) is 29.9 Å². The van der Waals surface area contributed by atoms with Crippen LogP contribution in [0.1, 0.15) is 0 Å². The highest BCUT2D eigenvalue weighted by Crippen LogP contribution is 2.51. The average molecular weight is 1500 g/mol. The van der Waals surface area contributed by atoms with Crippen molar-refractivity contribution in [3.05, 3.63) is 401 Å². The van der Waals surface area contributed by atoms with E-state index in [1.54, 1.807) is 6.20 Å². The summed E-state index contributed by atoms with van der Waals surface area (Å²) in [5.74, 6) is 2.55. The van der Waals surface area contributed by atoms with Gasteiger partial charge in [-0.3, -0.25) is 15.0 Å². The van der Waals surface area contributed by atoms with Crippen LogP contribution in [0.5, 0.6) is 0 Å². The lowest BCUT2D eigenvalue weighted by Crippen LogP contribution is -1.91. The number of fused-ring (bicyclic) bond motifs is 18. The van der Waals surface area contributed by atoms with Crippen molar-refractivity contribution in [1.82, 2.24) is 29.9 Å². The molecule has 0 spiro atoms. The van der Waals surface area contributed by atoms with Gasteiger partial charge < -0.3 is 13.3 Å². The second-order valence-corrected chi connectivity index (χ2v) is 29.4. The molecule has 9 nitrogen and oxygen atoms in total. The van der Waals surface area contributed by atoms with Crippen LogP contribution in [0, 0.1) is 0 Å². The highest BCUT2D eigenvalue weighted by atomic mass is 16.3. The van der Waals surface area contributed by atoms with Crippen molar-refractivity contribution in [2.24, 2.45) is 0 Å². The summed E-state index contributed by atoms with van der Waals surface area (Å²) in [6.07, 6.45) is 9.22. The van der Waals surface area contributed by atoms with Crippen LogP contribution < -0.4 is 0 Å². The molecular formula is C108H66N6O3. The number of aromatic nitrogens is 6. The molecule has 0 bridgehead atoms. The van der Waals surface area contributed by atoms with Gasteiger partial charge in [-0.1, -0.05) is 249 Å². The number of pyridine rings is 3. The monoisotopic (exact) mass is 1490 g/mol. The smallest absolute Gasteiger partial charge is 0.145 e. The Hall–Kier alpha value is -15.8. The molecule has 3 aromatic heterocycles. The van der Waals surface area contributed by atoms with E-state index in [0.29, 0.717) is 0 Å². The lowest BCUT2D eigenvalue weighted by atomic mass is 9.90. The highest BCUT2D eigenvalue weighted by Gasteiger charge is 2.29. The molecule has 6 aliphatic heterocycles. The molecule has 18 aromatic rings. The van der Waals surface area contributed by atoms with E-state index in [1.165, 1.54) is 49.5 Å². The van der Waals surface area contributed by atoms with Crippen LogP contribution >= 0.6 is 0 Å². The molecule has 15 aromatic carbocycles. The van der Waals surface area contributed by atoms with E-state index in [-0.39, 0.29) is 0 Å². The molecule has 0 aliphatic carbocycles. The lowest BCUT2D eigenvalue weighted by Gasteiger charge is -2.15. The van der Waals surface area contributed by atoms with E-state index in [0.717, 1.165) is 183 Å². The zero-order valence-corrected chi connectivity index (χ0v) is 63.0. The standard InChI is InChI=1S/3C36H22N2O/c1-2-13-28-27(12-1)26(24-10-7-9-23(21-24)25-11-8-20-37-22-25)18-19-29(28)36-34-30-14-3-5-16-32(30)38-35(34)31-15-4-6-17-33(31)39-36;1-2-13-27-26(12-1)25(23-10-9-11-24(22-23)31-16-7-8-21-37-31)19-20-28(27)36-34-29-14-3-5-17-32(29)38-35(34)30-15-4-6-18-33(30)39-36;1-2-11-28-27(10-1)26(25-9-7-8-24(22-25)23-18-20-37-21-19-23)16-17-29(28)36-34-30-12-3-5-14-32(30)38-35(34)31-13-4-6-15-33(31)39-36/h3*1-22H. The summed E-state index contributed by atoms with van der Waals surface area (Å²) in [6.45, 7) is 0. The minimum absolute atomic E-state index is 0.832. The number of benzene rings is 15. The zero-order valence-electron chi connectivity index (χ0n) is 63.0. The van der Waals surface area contributed by atoms with Crippen molar-refractivity contribution >= 4 is 97.9 Å². The van der Waals surface area contributed by atoms with E-state index >= 15 is 0 Å². The fraction of sp³-hybridized carbons (Fsp3) is 0. The van der Waals surface area contributed by atoms with Crippen LogP contribution in [-0.2, 0) is 0 Å². The van der Waals surface area contributed by atoms with Crippen molar-refractivity contribution in [3.8, 4) is 135 Å². The molecule has 0 fully saturated rings. The molecule has 0 saturated heterocycles. The first-order valence-electron chi connectivity index (χ1n) is 39.3. The first-order valence-corrected chi connectivity index (χ1v) is 39.3. The van der Waals surface area contributed by atoms with Gasteiger partial charge in [0.2, 0.25) is 0 Å². The molecule has 0 saturated carbocycles. The van der Waals surface area contributed by atoms with Crippen molar-refractivity contribution < 1.29 is 13.3 Å². The Labute approximate surface area is 672 Å². The van der Waals surface area contributed by atoms with Crippen molar-refractivity contribution in [2.75, 3.05) is 0 Å². The first-order chi connectivity index (χ1) is 58.0. The third-order valence-corrected chi connectivity index (χ3v) is 22.7. The number of para-hydroxylation sites is 6. The fourth-order valence-electron chi connectivity index (χ4n) is 17.3. The van der Waals surface area contributed by atoms with E-state index < -0.39 is 0 Å². The molecular weight excluding hydrogens is 1430 g/mol. The maximum absolute atomic E-state index is 6.71. The summed E-state index contributed by atoms with van der Waals surface area (Å²) >= 11 is 0. The van der Waals surface area contributed by atoms with E-state index in [2.05, 4.69) is 276 Å². The number of hydrogen-bond acceptors (Lipinski definition) is 9. The van der Waals surface area contributed by atoms with E-state index in [9.17, 15) is 0 Å². The Balaban J connectivity index is 0.000000106. The Kier molecular flexibility index (Phi) is 16.7. The molecule has 546 valence electrons. The van der Waals surface area contributed by atoms with Crippen molar-refractivity contribution in [2.45, 2.75) is 0 Å². The summed E-state index contributed by atoms with van der Waals surface area (Å²) in [5, 5.41) is 13.4. The summed E-state index contributed by atoms with van der Waals surface area (Å²) in [7, 11) is 0. The Morgan fingerprint density at radius 2 is 0.504 bits per heavy atom. The molecule has 9 heterocycles. The second-order valence-electron chi connectivity index (χ2n) is 29.4. The molecule has 24 rings (SSSR count). The Morgan fingerprint density at radius 3 is 0.889 bits per heavy atom. The van der Waals surface area contributed by atoms with Gasteiger partial charge in [-0.15, -0.1) is 0 Å². The maximum atomic E-state index is 6.71. The van der Waals surface area contributed by atoms with Crippen LogP contribution in [0.4, 0.5) is 0 Å². The van der Waals surface area contributed by atoms with Crippen LogP contribution in [0.15, 0.2) is 414 Å². The van der Waals surface area contributed by atoms with Gasteiger partial charge in [-0.2, -0.15) is 0 Å². The van der Waals surface area contributed by atoms with Gasteiger partial charge in [0, 0.05) is 91.1 Å². The van der Waals surface area contributed by atoms with Gasteiger partial charge in [-0.05, 0) is 204 Å². The van der Waals surface area contributed by atoms with Gasteiger partial charge >= 0.3 is 0 Å². The van der Waals surface area contributed by atoms with Gasteiger partial charge in [0.05, 0.1) is 56.0 Å². The molecule has 0 N–H and O–H groups in total. The zero-order chi connectivity index (χ0) is 77.3. The summed E-state index contributed by atoms with van der Waals surface area (Å²) < 4.78 is 20.1. The summed E-state index contributed by atoms with van der Waals surface area (Å²) in [6, 6.07) is 129. The van der Waals surface area contributed by atoms with Crippen LogP contribution in [0.2, 0.25) is 0 Å². The predicted octanol–water partition coefficient (Wildman–Crippen LogP) is 28.9. The number of rotatable bonds is 9. The van der Waals surface area contributed by atoms with Gasteiger partial charge in [-0.25, -0.2) is 15.0 Å². The molecule has 6 aliphatic rings. The van der Waals surface area contributed by atoms with Gasteiger partial charge in [0.15, 0.2) is 0 Å². The summed E-state index contributed by atoms with van der Waals surface area (Å²) in [5.41, 5.74) is 28.4. The number of nitrogens with zero attached hydrogens (tertiary/aromatic N) is 6. The van der Waals surface area contributed by atoms with Gasteiger partial charge in [0.25, 0.3) is 0 Å². The molecule has 0 amide bonds. The lowest BCUT2D eigenvalue weighted by molar-refractivity contribution is 0.622. The molecule has 0 atom stereocenters. The fourth-order valence-corrected chi connectivity index (χ4v) is 17.3. The maximum Gasteiger partial charge on any atom is 0.145 e. The SMILES string of the molecule is c1cc(-c2ccncc2)cc(-c2ccc(-c3oc4ccccc4c4nc5ccccc5c3-4)c3ccccc23)c1.c1ccc(-c2cccc(-c3ccc(-c4oc5ccccc5c5nc6ccccc6c4-5)c4ccccc34)c2)nc1.c1cncc(-c2cccc(-c3ccc(-c4oc5ccccc5c5nc6ccccc6c4-5)c4ccccc34)c2)c1. The van der Waals surface area contributed by atoms with E-state index in [4.69, 9.17) is 28.2 Å². The third-order valence-electron chi connectivity index (χ3n) is 22.7. The summed E-state index contributed by atoms with van der Waals surface area (Å²) in [4.78, 5) is 28.2. The van der Waals surface area contributed by atoms with Crippen LogP contribution in [0.3, 0.4) is 0 Å². The Morgan fingerprint density at radius 1 is 0.188 bits per heavy atom. The predicted molar refractivity (Wildman–Crippen MR) is 479 cm³/mol.